The van der Waals surface area contributed by atoms with Crippen LogP contribution in [-0.4, -0.2) is 17.3 Å². The van der Waals surface area contributed by atoms with Crippen molar-refractivity contribution in [3.05, 3.63) is 29.8 Å². The summed E-state index contributed by atoms with van der Waals surface area (Å²) in [7, 11) is 0. The van der Waals surface area contributed by atoms with Gasteiger partial charge in [-0.05, 0) is 56.1 Å². The summed E-state index contributed by atoms with van der Waals surface area (Å²) in [5, 5.41) is 13.5. The Balaban J connectivity index is 2.07. The number of rotatable bonds is 4. The third kappa shape index (κ3) is 3.30. The second kappa shape index (κ2) is 5.96. The molecule has 2 rings (SSSR count). The first-order valence-electron chi connectivity index (χ1n) is 7.51. The molecule has 1 aromatic carbocycles. The van der Waals surface area contributed by atoms with Crippen molar-refractivity contribution < 1.29 is 5.11 Å². The third-order valence-corrected chi connectivity index (χ3v) is 4.78. The largest absolute Gasteiger partial charge is 0.394 e. The molecule has 1 aliphatic rings. The molecular weight excluding hydrogens is 234 g/mol. The number of benzene rings is 1. The lowest BCUT2D eigenvalue weighted by molar-refractivity contribution is 0.136. The number of aliphatic hydroxyl groups excluding tert-OH is 1. The van der Waals surface area contributed by atoms with Crippen LogP contribution in [0.15, 0.2) is 24.3 Å². The SMILES string of the molecule is Cc1ccccc1NC1(CO)CCC(C(C)C)CC1. The molecule has 1 fully saturated rings. The summed E-state index contributed by atoms with van der Waals surface area (Å²) in [6.45, 7) is 6.97. The van der Waals surface area contributed by atoms with Gasteiger partial charge in [0.1, 0.15) is 0 Å². The van der Waals surface area contributed by atoms with E-state index in [1.165, 1.54) is 24.1 Å². The van der Waals surface area contributed by atoms with Crippen LogP contribution in [0.5, 0.6) is 0 Å². The summed E-state index contributed by atoms with van der Waals surface area (Å²) in [4.78, 5) is 0. The van der Waals surface area contributed by atoms with E-state index in [-0.39, 0.29) is 12.1 Å². The van der Waals surface area contributed by atoms with Crippen molar-refractivity contribution in [2.75, 3.05) is 11.9 Å². The van der Waals surface area contributed by atoms with Crippen LogP contribution < -0.4 is 5.32 Å². The minimum Gasteiger partial charge on any atom is -0.394 e. The highest BCUT2D eigenvalue weighted by Crippen LogP contribution is 2.38. The van der Waals surface area contributed by atoms with Crippen LogP contribution in [0.2, 0.25) is 0 Å². The Morgan fingerprint density at radius 3 is 2.42 bits per heavy atom. The molecule has 1 aliphatic carbocycles. The van der Waals surface area contributed by atoms with Gasteiger partial charge in [-0.3, -0.25) is 0 Å². The van der Waals surface area contributed by atoms with E-state index in [9.17, 15) is 5.11 Å². The second-order valence-electron chi connectivity index (χ2n) is 6.46. The maximum Gasteiger partial charge on any atom is 0.0661 e. The topological polar surface area (TPSA) is 32.3 Å². The minimum absolute atomic E-state index is 0.114. The zero-order valence-electron chi connectivity index (χ0n) is 12.4. The van der Waals surface area contributed by atoms with Gasteiger partial charge in [0.05, 0.1) is 12.1 Å². The number of anilines is 1. The maximum absolute atomic E-state index is 9.86. The molecule has 1 saturated carbocycles. The summed E-state index contributed by atoms with van der Waals surface area (Å²) in [6, 6.07) is 8.34. The average Bonchev–Trinajstić information content (AvgIpc) is 2.42. The molecule has 0 heterocycles. The van der Waals surface area contributed by atoms with Crippen LogP contribution >= 0.6 is 0 Å². The van der Waals surface area contributed by atoms with Crippen molar-refractivity contribution >= 4 is 5.69 Å². The molecule has 0 saturated heterocycles. The van der Waals surface area contributed by atoms with Gasteiger partial charge in [0, 0.05) is 5.69 Å². The lowest BCUT2D eigenvalue weighted by Crippen LogP contribution is -2.46. The van der Waals surface area contributed by atoms with Crippen LogP contribution in [0.3, 0.4) is 0 Å². The van der Waals surface area contributed by atoms with Gasteiger partial charge in [-0.1, -0.05) is 32.0 Å². The molecule has 0 atom stereocenters. The van der Waals surface area contributed by atoms with Crippen molar-refractivity contribution in [2.24, 2.45) is 11.8 Å². The summed E-state index contributed by atoms with van der Waals surface area (Å²) in [5.74, 6) is 1.58. The molecular formula is C17H27NO. The Morgan fingerprint density at radius 1 is 1.26 bits per heavy atom. The summed E-state index contributed by atoms with van der Waals surface area (Å²) < 4.78 is 0. The standard InChI is InChI=1S/C17H27NO/c1-13(2)15-8-10-17(12-19,11-9-15)18-16-7-5-4-6-14(16)3/h4-7,13,15,18-19H,8-12H2,1-3H3. The molecule has 19 heavy (non-hydrogen) atoms. The fourth-order valence-corrected chi connectivity index (χ4v) is 3.18. The van der Waals surface area contributed by atoms with E-state index in [0.29, 0.717) is 0 Å². The smallest absolute Gasteiger partial charge is 0.0661 e. The van der Waals surface area contributed by atoms with Gasteiger partial charge >= 0.3 is 0 Å². The monoisotopic (exact) mass is 261 g/mol. The van der Waals surface area contributed by atoms with Gasteiger partial charge < -0.3 is 10.4 Å². The molecule has 1 aromatic rings. The molecule has 0 aliphatic heterocycles. The van der Waals surface area contributed by atoms with E-state index >= 15 is 0 Å². The molecule has 0 radical (unpaired) electrons. The summed E-state index contributed by atoms with van der Waals surface area (Å²) in [6.07, 6.45) is 4.58. The third-order valence-electron chi connectivity index (χ3n) is 4.78. The summed E-state index contributed by atoms with van der Waals surface area (Å²) >= 11 is 0. The highest BCUT2D eigenvalue weighted by Gasteiger charge is 2.35. The number of hydrogen-bond acceptors (Lipinski definition) is 2. The van der Waals surface area contributed by atoms with E-state index in [1.807, 2.05) is 0 Å². The van der Waals surface area contributed by atoms with Gasteiger partial charge in [-0.2, -0.15) is 0 Å². The lowest BCUT2D eigenvalue weighted by atomic mass is 9.73. The van der Waals surface area contributed by atoms with Gasteiger partial charge in [-0.25, -0.2) is 0 Å². The Kier molecular flexibility index (Phi) is 4.51. The molecule has 0 spiro atoms. The van der Waals surface area contributed by atoms with Gasteiger partial charge in [-0.15, -0.1) is 0 Å². The number of aryl methyl sites for hydroxylation is 1. The van der Waals surface area contributed by atoms with Crippen LogP contribution in [0.25, 0.3) is 0 Å². The molecule has 0 amide bonds. The molecule has 2 nitrogen and oxygen atoms in total. The second-order valence-corrected chi connectivity index (χ2v) is 6.46. The molecule has 0 aromatic heterocycles. The van der Waals surface area contributed by atoms with E-state index in [0.717, 1.165) is 24.7 Å². The molecule has 0 bridgehead atoms. The van der Waals surface area contributed by atoms with Crippen LogP contribution in [0.4, 0.5) is 5.69 Å². The summed E-state index contributed by atoms with van der Waals surface area (Å²) in [5.41, 5.74) is 2.30. The maximum atomic E-state index is 9.86. The Morgan fingerprint density at radius 2 is 1.89 bits per heavy atom. The molecule has 2 heteroatoms. The van der Waals surface area contributed by atoms with Crippen molar-refractivity contribution in [3.8, 4) is 0 Å². The van der Waals surface area contributed by atoms with Gasteiger partial charge in [0.15, 0.2) is 0 Å². The first-order chi connectivity index (χ1) is 9.06. The fourth-order valence-electron chi connectivity index (χ4n) is 3.18. The normalized spacial score (nSPS) is 27.5. The molecule has 0 unspecified atom stereocenters. The molecule has 106 valence electrons. The zero-order valence-corrected chi connectivity index (χ0v) is 12.4. The van der Waals surface area contributed by atoms with Crippen LogP contribution in [0.1, 0.15) is 45.1 Å². The zero-order chi connectivity index (χ0) is 13.9. The highest BCUT2D eigenvalue weighted by molar-refractivity contribution is 5.52. The number of aliphatic hydroxyl groups is 1. The van der Waals surface area contributed by atoms with Crippen molar-refractivity contribution in [1.29, 1.82) is 0 Å². The quantitative estimate of drug-likeness (QED) is 0.859. The number of para-hydroxylation sites is 1. The number of hydrogen-bond donors (Lipinski definition) is 2. The predicted molar refractivity (Wildman–Crippen MR) is 81.4 cm³/mol. The minimum atomic E-state index is -0.114. The van der Waals surface area contributed by atoms with Crippen LogP contribution in [0, 0.1) is 18.8 Å². The Hall–Kier alpha value is -1.02. The first-order valence-corrected chi connectivity index (χ1v) is 7.51. The van der Waals surface area contributed by atoms with Gasteiger partial charge in [0.25, 0.3) is 0 Å². The lowest BCUT2D eigenvalue weighted by Gasteiger charge is -2.41. The van der Waals surface area contributed by atoms with E-state index in [1.54, 1.807) is 0 Å². The van der Waals surface area contributed by atoms with Crippen LogP contribution in [-0.2, 0) is 0 Å². The number of nitrogens with one attached hydrogen (secondary N) is 1. The Bertz CT molecular complexity index is 405. The van der Waals surface area contributed by atoms with E-state index in [4.69, 9.17) is 0 Å². The highest BCUT2D eigenvalue weighted by atomic mass is 16.3. The van der Waals surface area contributed by atoms with Crippen molar-refractivity contribution in [1.82, 2.24) is 0 Å². The van der Waals surface area contributed by atoms with Crippen molar-refractivity contribution in [3.63, 3.8) is 0 Å². The van der Waals surface area contributed by atoms with E-state index in [2.05, 4.69) is 50.4 Å². The first kappa shape index (κ1) is 14.4. The van der Waals surface area contributed by atoms with Gasteiger partial charge in [0.2, 0.25) is 0 Å². The predicted octanol–water partition coefficient (Wildman–Crippen LogP) is 3.98. The fraction of sp³-hybridized carbons (Fsp3) is 0.647. The van der Waals surface area contributed by atoms with Crippen molar-refractivity contribution in [2.45, 2.75) is 52.0 Å². The average molecular weight is 261 g/mol. The molecule has 2 N–H and O–H groups in total. The van der Waals surface area contributed by atoms with E-state index < -0.39 is 0 Å². The Labute approximate surface area is 117 Å².